The Morgan fingerprint density at radius 3 is 2.71 bits per heavy atom. The maximum absolute atomic E-state index is 12.7. The second-order valence-electron chi connectivity index (χ2n) is 7.71. The molecule has 6 nitrogen and oxygen atoms in total. The van der Waals surface area contributed by atoms with Crippen LogP contribution in [0.1, 0.15) is 24.7 Å². The first-order chi connectivity index (χ1) is 13.5. The second-order valence-corrected chi connectivity index (χ2v) is 9.93. The number of sulfone groups is 1. The standard InChI is InChI=1S/C21H26N2O4S/c1-2-19-18(17-5-3-4-6-20(17)27-19)7-8-21(24)23-12-10-22(11-13-23)16-9-14-28(25,26)15-16/h3-8,16H,2,9-15H2,1H3/p+1/b8-7+/t16-/m1/s1. The molecule has 0 saturated carbocycles. The first kappa shape index (κ1) is 19.2. The van der Waals surface area contributed by atoms with E-state index >= 15 is 0 Å². The summed E-state index contributed by atoms with van der Waals surface area (Å²) in [5.74, 6) is 1.50. The molecule has 0 bridgehead atoms. The van der Waals surface area contributed by atoms with Gasteiger partial charge < -0.3 is 14.2 Å². The fourth-order valence-electron chi connectivity index (χ4n) is 4.36. The van der Waals surface area contributed by atoms with Gasteiger partial charge in [0.2, 0.25) is 5.91 Å². The Morgan fingerprint density at radius 1 is 1.29 bits per heavy atom. The van der Waals surface area contributed by atoms with Crippen molar-refractivity contribution in [2.24, 2.45) is 0 Å². The number of fused-ring (bicyclic) bond motifs is 1. The van der Waals surface area contributed by atoms with E-state index < -0.39 is 9.84 Å². The van der Waals surface area contributed by atoms with Crippen molar-refractivity contribution < 1.29 is 22.5 Å². The number of furan rings is 1. The van der Waals surface area contributed by atoms with Crippen LogP contribution in [-0.2, 0) is 21.1 Å². The van der Waals surface area contributed by atoms with E-state index in [9.17, 15) is 13.2 Å². The van der Waals surface area contributed by atoms with Gasteiger partial charge in [-0.15, -0.1) is 0 Å². The summed E-state index contributed by atoms with van der Waals surface area (Å²) >= 11 is 0. The number of quaternary nitrogens is 1. The molecular formula is C21H27N2O4S+. The maximum Gasteiger partial charge on any atom is 0.246 e. The van der Waals surface area contributed by atoms with Gasteiger partial charge in [0.15, 0.2) is 9.84 Å². The highest BCUT2D eigenvalue weighted by Crippen LogP contribution is 2.27. The van der Waals surface area contributed by atoms with Crippen LogP contribution in [0.15, 0.2) is 34.8 Å². The fourth-order valence-corrected chi connectivity index (χ4v) is 6.19. The lowest BCUT2D eigenvalue weighted by Gasteiger charge is -2.34. The van der Waals surface area contributed by atoms with Crippen LogP contribution in [0.3, 0.4) is 0 Å². The highest BCUT2D eigenvalue weighted by Gasteiger charge is 2.37. The van der Waals surface area contributed by atoms with E-state index in [1.165, 1.54) is 4.90 Å². The van der Waals surface area contributed by atoms with Crippen molar-refractivity contribution in [1.82, 2.24) is 4.90 Å². The molecule has 2 saturated heterocycles. The number of piperazine rings is 1. The van der Waals surface area contributed by atoms with Gasteiger partial charge in [-0.3, -0.25) is 4.79 Å². The van der Waals surface area contributed by atoms with Crippen LogP contribution in [0.5, 0.6) is 0 Å². The lowest BCUT2D eigenvalue weighted by atomic mass is 10.1. The second kappa shape index (κ2) is 7.72. The molecule has 0 spiro atoms. The minimum absolute atomic E-state index is 0.00503. The quantitative estimate of drug-likeness (QED) is 0.771. The fraction of sp³-hybridized carbons (Fsp3) is 0.476. The third-order valence-electron chi connectivity index (χ3n) is 5.95. The largest absolute Gasteiger partial charge is 0.460 e. The first-order valence-corrected chi connectivity index (χ1v) is 11.8. The van der Waals surface area contributed by atoms with Crippen LogP contribution >= 0.6 is 0 Å². The van der Waals surface area contributed by atoms with Crippen LogP contribution in [0.2, 0.25) is 0 Å². The number of para-hydroxylation sites is 1. The summed E-state index contributed by atoms with van der Waals surface area (Å²) in [6, 6.07) is 8.07. The van der Waals surface area contributed by atoms with E-state index in [4.69, 9.17) is 4.42 Å². The van der Waals surface area contributed by atoms with Gasteiger partial charge in [0.1, 0.15) is 23.1 Å². The van der Waals surface area contributed by atoms with Crippen molar-refractivity contribution >= 4 is 32.8 Å². The van der Waals surface area contributed by atoms with E-state index in [-0.39, 0.29) is 11.9 Å². The summed E-state index contributed by atoms with van der Waals surface area (Å²) in [4.78, 5) is 15.8. The van der Waals surface area contributed by atoms with Gasteiger partial charge in [-0.2, -0.15) is 0 Å². The van der Waals surface area contributed by atoms with Gasteiger partial charge in [-0.1, -0.05) is 25.1 Å². The minimum Gasteiger partial charge on any atom is -0.460 e. The highest BCUT2D eigenvalue weighted by atomic mass is 32.2. The summed E-state index contributed by atoms with van der Waals surface area (Å²) in [7, 11) is -2.85. The molecule has 7 heteroatoms. The molecule has 0 aliphatic carbocycles. The molecule has 0 unspecified atom stereocenters. The van der Waals surface area contributed by atoms with Crippen LogP contribution < -0.4 is 4.90 Å². The number of carbonyl (C=O) groups is 1. The number of nitrogens with one attached hydrogen (secondary N) is 1. The topological polar surface area (TPSA) is 72.0 Å². The van der Waals surface area contributed by atoms with E-state index in [2.05, 4.69) is 0 Å². The number of benzene rings is 1. The highest BCUT2D eigenvalue weighted by molar-refractivity contribution is 7.91. The van der Waals surface area contributed by atoms with E-state index in [1.54, 1.807) is 6.08 Å². The van der Waals surface area contributed by atoms with Gasteiger partial charge in [-0.25, -0.2) is 8.42 Å². The number of carbonyl (C=O) groups excluding carboxylic acids is 1. The van der Waals surface area contributed by atoms with E-state index in [0.29, 0.717) is 24.6 Å². The number of amides is 1. The molecule has 1 aromatic carbocycles. The van der Waals surface area contributed by atoms with Crippen molar-refractivity contribution in [3.8, 4) is 0 Å². The molecule has 2 fully saturated rings. The zero-order valence-corrected chi connectivity index (χ0v) is 17.0. The summed E-state index contributed by atoms with van der Waals surface area (Å²) < 4.78 is 29.3. The number of aryl methyl sites for hydroxylation is 1. The molecular weight excluding hydrogens is 376 g/mol. The predicted octanol–water partition coefficient (Wildman–Crippen LogP) is 0.923. The van der Waals surface area contributed by atoms with Crippen LogP contribution in [0.4, 0.5) is 0 Å². The van der Waals surface area contributed by atoms with Crippen molar-refractivity contribution in [3.05, 3.63) is 41.7 Å². The van der Waals surface area contributed by atoms with E-state index in [0.717, 1.165) is 48.2 Å². The lowest BCUT2D eigenvalue weighted by molar-refractivity contribution is -0.925. The van der Waals surface area contributed by atoms with Crippen molar-refractivity contribution in [2.45, 2.75) is 25.8 Å². The average Bonchev–Trinajstić information content (AvgIpc) is 3.25. The summed E-state index contributed by atoms with van der Waals surface area (Å²) in [6.07, 6.45) is 5.03. The Morgan fingerprint density at radius 2 is 2.04 bits per heavy atom. The molecule has 4 rings (SSSR count). The van der Waals surface area contributed by atoms with Crippen LogP contribution in [0, 0.1) is 0 Å². The third kappa shape index (κ3) is 3.86. The maximum atomic E-state index is 12.7. The molecule has 1 N–H and O–H groups in total. The molecule has 1 atom stereocenters. The van der Waals surface area contributed by atoms with Gasteiger partial charge in [0, 0.05) is 29.9 Å². The molecule has 2 aliphatic rings. The summed E-state index contributed by atoms with van der Waals surface area (Å²) in [5, 5.41) is 1.03. The number of hydrogen-bond acceptors (Lipinski definition) is 4. The molecule has 150 valence electrons. The van der Waals surface area contributed by atoms with Gasteiger partial charge in [0.25, 0.3) is 0 Å². The van der Waals surface area contributed by atoms with Crippen LogP contribution in [-0.4, -0.2) is 63.0 Å². The molecule has 1 amide bonds. The molecule has 28 heavy (non-hydrogen) atoms. The zero-order valence-electron chi connectivity index (χ0n) is 16.2. The van der Waals surface area contributed by atoms with Crippen molar-refractivity contribution in [1.29, 1.82) is 0 Å². The monoisotopic (exact) mass is 403 g/mol. The normalized spacial score (nSPS) is 23.0. The number of rotatable bonds is 4. The smallest absolute Gasteiger partial charge is 0.246 e. The Labute approximate surface area is 165 Å². The minimum atomic E-state index is -2.85. The van der Waals surface area contributed by atoms with Gasteiger partial charge in [0.05, 0.1) is 31.9 Å². The Bertz CT molecular complexity index is 1000. The molecule has 2 aliphatic heterocycles. The number of hydrogen-bond donors (Lipinski definition) is 1. The summed E-state index contributed by atoms with van der Waals surface area (Å²) in [6.45, 7) is 5.01. The van der Waals surface area contributed by atoms with Gasteiger partial charge >= 0.3 is 0 Å². The third-order valence-corrected chi connectivity index (χ3v) is 7.72. The Hall–Kier alpha value is -2.12. The zero-order chi connectivity index (χ0) is 19.7. The summed E-state index contributed by atoms with van der Waals surface area (Å²) in [5.41, 5.74) is 1.82. The number of nitrogens with zero attached hydrogens (tertiary/aromatic N) is 1. The Balaban J connectivity index is 1.40. The Kier molecular flexibility index (Phi) is 5.29. The lowest BCUT2D eigenvalue weighted by Crippen LogP contribution is -3.18. The molecule has 3 heterocycles. The predicted molar refractivity (Wildman–Crippen MR) is 109 cm³/mol. The van der Waals surface area contributed by atoms with Crippen molar-refractivity contribution in [2.75, 3.05) is 37.7 Å². The van der Waals surface area contributed by atoms with Crippen molar-refractivity contribution in [3.63, 3.8) is 0 Å². The average molecular weight is 404 g/mol. The van der Waals surface area contributed by atoms with E-state index in [1.807, 2.05) is 42.2 Å². The van der Waals surface area contributed by atoms with Crippen LogP contribution in [0.25, 0.3) is 17.0 Å². The molecule has 0 radical (unpaired) electrons. The first-order valence-electron chi connectivity index (χ1n) is 9.99. The molecule has 2 aromatic rings. The van der Waals surface area contributed by atoms with Gasteiger partial charge in [-0.05, 0) is 12.1 Å². The SMILES string of the molecule is CCc1oc2ccccc2c1/C=C/C(=O)N1CC[NH+]([C@@H]2CCS(=O)(=O)C2)CC1. The molecule has 1 aromatic heterocycles.